The van der Waals surface area contributed by atoms with Crippen LogP contribution in [0.1, 0.15) is 16.7 Å². The summed E-state index contributed by atoms with van der Waals surface area (Å²) in [6.07, 6.45) is 2.10. The summed E-state index contributed by atoms with van der Waals surface area (Å²) in [5, 5.41) is 3.56. The minimum absolute atomic E-state index is 0.165. The molecule has 0 bridgehead atoms. The molecular weight excluding hydrogens is 440 g/mol. The molecule has 32 heavy (non-hydrogen) atoms. The van der Waals surface area contributed by atoms with Gasteiger partial charge in [-0.05, 0) is 48.7 Å². The van der Waals surface area contributed by atoms with Gasteiger partial charge in [-0.1, -0.05) is 77.5 Å². The summed E-state index contributed by atoms with van der Waals surface area (Å²) in [7, 11) is 0. The minimum Gasteiger partial charge on any atom is -0.352 e. The molecule has 2 amide bonds. The number of hydrogen-bond acceptors (Lipinski definition) is 3. The van der Waals surface area contributed by atoms with Crippen molar-refractivity contribution in [2.75, 3.05) is 11.4 Å². The average Bonchev–Trinajstić information content (AvgIpc) is 2.79. The standard InChI is InChI=1S/C26H23ClN2O2S/c1-18-6-8-20(9-7-18)17-29-22-4-2-3-5-23(22)32-24(26(29)31)16-25(30)28-15-14-19-10-12-21(27)13-11-19/h2-13,16H,14-15,17H2,1H3,(H,28,30). The van der Waals surface area contributed by atoms with Gasteiger partial charge < -0.3 is 10.2 Å². The zero-order chi connectivity index (χ0) is 22.5. The van der Waals surface area contributed by atoms with E-state index in [0.717, 1.165) is 21.7 Å². The normalized spacial score (nSPS) is 14.4. The number of para-hydroxylation sites is 1. The maximum atomic E-state index is 13.3. The van der Waals surface area contributed by atoms with Gasteiger partial charge >= 0.3 is 0 Å². The first kappa shape index (κ1) is 22.2. The number of carbonyl (C=O) groups excluding carboxylic acids is 2. The number of fused-ring (bicyclic) bond motifs is 1. The van der Waals surface area contributed by atoms with Crippen LogP contribution in [0.3, 0.4) is 0 Å². The Kier molecular flexibility index (Phi) is 6.98. The Labute approximate surface area is 197 Å². The number of rotatable bonds is 6. The summed E-state index contributed by atoms with van der Waals surface area (Å²) >= 11 is 7.24. The molecule has 0 fully saturated rings. The molecule has 6 heteroatoms. The second kappa shape index (κ2) is 10.1. The lowest BCUT2D eigenvalue weighted by atomic mass is 10.1. The van der Waals surface area contributed by atoms with Gasteiger partial charge in [0.15, 0.2) is 0 Å². The van der Waals surface area contributed by atoms with E-state index < -0.39 is 0 Å². The number of halogens is 1. The number of thioether (sulfide) groups is 1. The third-order valence-corrected chi connectivity index (χ3v) is 6.51. The summed E-state index contributed by atoms with van der Waals surface area (Å²) in [6.45, 7) is 2.97. The third kappa shape index (κ3) is 5.42. The van der Waals surface area contributed by atoms with E-state index in [2.05, 4.69) is 5.32 Å². The first-order chi connectivity index (χ1) is 15.5. The van der Waals surface area contributed by atoms with Gasteiger partial charge in [0.05, 0.1) is 17.1 Å². The van der Waals surface area contributed by atoms with Crippen LogP contribution in [0.2, 0.25) is 5.02 Å². The highest BCUT2D eigenvalue weighted by Gasteiger charge is 2.29. The topological polar surface area (TPSA) is 49.4 Å². The number of nitrogens with one attached hydrogen (secondary N) is 1. The van der Waals surface area contributed by atoms with Gasteiger partial charge in [0, 0.05) is 22.5 Å². The molecule has 3 aromatic carbocycles. The highest BCUT2D eigenvalue weighted by atomic mass is 35.5. The molecule has 0 aromatic heterocycles. The van der Waals surface area contributed by atoms with Gasteiger partial charge in [0.1, 0.15) is 0 Å². The molecule has 0 spiro atoms. The number of hydrogen-bond donors (Lipinski definition) is 1. The van der Waals surface area contributed by atoms with Crippen LogP contribution in [-0.2, 0) is 22.6 Å². The van der Waals surface area contributed by atoms with Crippen molar-refractivity contribution < 1.29 is 9.59 Å². The molecule has 162 valence electrons. The number of benzene rings is 3. The van der Waals surface area contributed by atoms with E-state index in [0.29, 0.717) is 29.4 Å². The molecule has 0 radical (unpaired) electrons. The van der Waals surface area contributed by atoms with Gasteiger partial charge in [0.25, 0.3) is 5.91 Å². The van der Waals surface area contributed by atoms with Crippen LogP contribution in [-0.4, -0.2) is 18.4 Å². The molecule has 1 aliphatic heterocycles. The van der Waals surface area contributed by atoms with E-state index >= 15 is 0 Å². The Bertz CT molecular complexity index is 1160. The van der Waals surface area contributed by atoms with E-state index in [-0.39, 0.29) is 11.8 Å². The first-order valence-electron chi connectivity index (χ1n) is 10.4. The summed E-state index contributed by atoms with van der Waals surface area (Å²) in [4.78, 5) is 28.9. The number of anilines is 1. The molecule has 4 rings (SSSR count). The fraction of sp³-hybridized carbons (Fsp3) is 0.154. The number of carbonyl (C=O) groups is 2. The zero-order valence-corrected chi connectivity index (χ0v) is 19.2. The van der Waals surface area contributed by atoms with Crippen LogP contribution < -0.4 is 10.2 Å². The molecule has 0 saturated heterocycles. The fourth-order valence-electron chi connectivity index (χ4n) is 3.45. The van der Waals surface area contributed by atoms with Crippen molar-refractivity contribution in [3.05, 3.63) is 105 Å². The molecule has 0 aliphatic carbocycles. The molecule has 0 atom stereocenters. The van der Waals surface area contributed by atoms with Crippen LogP contribution in [0.4, 0.5) is 5.69 Å². The minimum atomic E-state index is -0.274. The Hall–Kier alpha value is -3.02. The SMILES string of the molecule is Cc1ccc(CN2C(=O)C(=CC(=O)NCCc3ccc(Cl)cc3)Sc3ccccc32)cc1. The quantitative estimate of drug-likeness (QED) is 0.490. The zero-order valence-electron chi connectivity index (χ0n) is 17.7. The van der Waals surface area contributed by atoms with E-state index in [4.69, 9.17) is 11.6 Å². The number of aryl methyl sites for hydroxylation is 1. The van der Waals surface area contributed by atoms with Gasteiger partial charge in [-0.25, -0.2) is 0 Å². The van der Waals surface area contributed by atoms with Crippen molar-refractivity contribution in [3.8, 4) is 0 Å². The molecule has 1 heterocycles. The predicted octanol–water partition coefficient (Wildman–Crippen LogP) is 5.53. The van der Waals surface area contributed by atoms with E-state index in [9.17, 15) is 9.59 Å². The van der Waals surface area contributed by atoms with Gasteiger partial charge in [0.2, 0.25) is 5.91 Å². The maximum Gasteiger partial charge on any atom is 0.265 e. The first-order valence-corrected chi connectivity index (χ1v) is 11.6. The maximum absolute atomic E-state index is 13.3. The second-order valence-electron chi connectivity index (χ2n) is 7.62. The van der Waals surface area contributed by atoms with Crippen LogP contribution in [0, 0.1) is 6.92 Å². The number of nitrogens with zero attached hydrogens (tertiary/aromatic N) is 1. The monoisotopic (exact) mass is 462 g/mol. The third-order valence-electron chi connectivity index (χ3n) is 5.18. The molecule has 4 nitrogen and oxygen atoms in total. The Morgan fingerprint density at radius 1 is 1.00 bits per heavy atom. The second-order valence-corrected chi connectivity index (χ2v) is 9.14. The number of amides is 2. The summed E-state index contributed by atoms with van der Waals surface area (Å²) in [6, 6.07) is 23.4. The predicted molar refractivity (Wildman–Crippen MR) is 131 cm³/mol. The van der Waals surface area contributed by atoms with Crippen molar-refractivity contribution >= 4 is 40.9 Å². The molecule has 1 aliphatic rings. The summed E-state index contributed by atoms with van der Waals surface area (Å²) in [5.74, 6) is -0.438. The van der Waals surface area contributed by atoms with Crippen LogP contribution in [0.5, 0.6) is 0 Å². The smallest absolute Gasteiger partial charge is 0.265 e. The van der Waals surface area contributed by atoms with Gasteiger partial charge in [-0.2, -0.15) is 0 Å². The van der Waals surface area contributed by atoms with E-state index in [1.807, 2.05) is 79.7 Å². The van der Waals surface area contributed by atoms with Crippen LogP contribution in [0.15, 0.2) is 88.7 Å². The van der Waals surface area contributed by atoms with Crippen molar-refractivity contribution in [1.29, 1.82) is 0 Å². The van der Waals surface area contributed by atoms with Gasteiger partial charge in [-0.15, -0.1) is 0 Å². The molecule has 0 saturated carbocycles. The van der Waals surface area contributed by atoms with Crippen molar-refractivity contribution in [2.45, 2.75) is 24.8 Å². The average molecular weight is 463 g/mol. The van der Waals surface area contributed by atoms with Gasteiger partial charge in [-0.3, -0.25) is 9.59 Å². The lowest BCUT2D eigenvalue weighted by molar-refractivity contribution is -0.118. The highest BCUT2D eigenvalue weighted by Crippen LogP contribution is 2.41. The molecular formula is C26H23ClN2O2S. The molecule has 1 N–H and O–H groups in total. The lowest BCUT2D eigenvalue weighted by Crippen LogP contribution is -2.34. The highest BCUT2D eigenvalue weighted by molar-refractivity contribution is 8.04. The van der Waals surface area contributed by atoms with E-state index in [1.165, 1.54) is 23.4 Å². The summed E-state index contributed by atoms with van der Waals surface area (Å²) < 4.78 is 0. The van der Waals surface area contributed by atoms with Crippen molar-refractivity contribution in [1.82, 2.24) is 5.32 Å². The summed E-state index contributed by atoms with van der Waals surface area (Å²) in [5.41, 5.74) is 4.16. The Morgan fingerprint density at radius 2 is 1.69 bits per heavy atom. The largest absolute Gasteiger partial charge is 0.352 e. The Morgan fingerprint density at radius 3 is 2.44 bits per heavy atom. The molecule has 3 aromatic rings. The van der Waals surface area contributed by atoms with Crippen molar-refractivity contribution in [3.63, 3.8) is 0 Å². The Balaban J connectivity index is 1.47. The van der Waals surface area contributed by atoms with E-state index in [1.54, 1.807) is 4.90 Å². The fourth-order valence-corrected chi connectivity index (χ4v) is 4.60. The van der Waals surface area contributed by atoms with Crippen molar-refractivity contribution in [2.24, 2.45) is 0 Å². The van der Waals surface area contributed by atoms with Crippen LogP contribution >= 0.6 is 23.4 Å². The lowest BCUT2D eigenvalue weighted by Gasteiger charge is -2.30. The van der Waals surface area contributed by atoms with Crippen LogP contribution in [0.25, 0.3) is 0 Å². The molecule has 0 unspecified atom stereocenters.